The Kier molecular flexibility index (Phi) is 5.07. The van der Waals surface area contributed by atoms with Gasteiger partial charge in [0.1, 0.15) is 0 Å². The predicted octanol–water partition coefficient (Wildman–Crippen LogP) is 2.16. The molecular weight excluding hydrogens is 342 g/mol. The topological polar surface area (TPSA) is 61.9 Å². The van der Waals surface area contributed by atoms with Crippen LogP contribution in [0.15, 0.2) is 48.5 Å². The second-order valence-electron chi connectivity index (χ2n) is 6.83. The first-order valence-electron chi connectivity index (χ1n) is 9.30. The van der Waals surface area contributed by atoms with E-state index in [1.807, 2.05) is 18.2 Å². The van der Waals surface area contributed by atoms with Crippen molar-refractivity contribution in [2.75, 3.05) is 49.6 Å². The van der Waals surface area contributed by atoms with Crippen LogP contribution in [0.4, 0.5) is 11.4 Å². The van der Waals surface area contributed by atoms with Crippen LogP contribution in [0.25, 0.3) is 0 Å². The molecule has 27 heavy (non-hydrogen) atoms. The van der Waals surface area contributed by atoms with Crippen LogP contribution < -0.4 is 10.2 Å². The molecule has 0 aliphatic carbocycles. The second kappa shape index (κ2) is 7.80. The lowest BCUT2D eigenvalue weighted by atomic mass is 10.1. The number of carbonyl (C=O) groups is 2. The maximum atomic E-state index is 12.6. The Bertz CT molecular complexity index is 846. The molecule has 140 valence electrons. The summed E-state index contributed by atoms with van der Waals surface area (Å²) < 4.78 is 5.29. The third kappa shape index (κ3) is 3.95. The molecule has 0 unspecified atom stereocenters. The number of nitrogens with one attached hydrogen (secondary N) is 1. The minimum Gasteiger partial charge on any atom is -0.378 e. The van der Waals surface area contributed by atoms with Gasteiger partial charge in [-0.05, 0) is 36.2 Å². The van der Waals surface area contributed by atoms with Crippen LogP contribution in [0.5, 0.6) is 0 Å². The third-order valence-electron chi connectivity index (χ3n) is 5.01. The minimum absolute atomic E-state index is 0.0251. The summed E-state index contributed by atoms with van der Waals surface area (Å²) in [7, 11) is 0. The van der Waals surface area contributed by atoms with Crippen molar-refractivity contribution in [1.82, 2.24) is 4.90 Å². The van der Waals surface area contributed by atoms with Gasteiger partial charge in [-0.15, -0.1) is 0 Å². The highest BCUT2D eigenvalue weighted by atomic mass is 16.5. The molecule has 6 heteroatoms. The average molecular weight is 365 g/mol. The zero-order valence-electron chi connectivity index (χ0n) is 15.2. The van der Waals surface area contributed by atoms with Gasteiger partial charge in [-0.3, -0.25) is 9.59 Å². The summed E-state index contributed by atoms with van der Waals surface area (Å²) in [6, 6.07) is 15.3. The number of fused-ring (bicyclic) bond motifs is 1. The summed E-state index contributed by atoms with van der Waals surface area (Å²) >= 11 is 0. The Hall–Kier alpha value is -2.86. The first-order chi connectivity index (χ1) is 13.2. The SMILES string of the molecule is O=C(CN1CCc2ccccc21)Nc1cccc(C(=O)N2CCOCC2)c1. The lowest BCUT2D eigenvalue weighted by molar-refractivity contribution is -0.115. The lowest BCUT2D eigenvalue weighted by Gasteiger charge is -2.27. The van der Waals surface area contributed by atoms with Crippen LogP contribution in [0, 0.1) is 0 Å². The average Bonchev–Trinajstić information content (AvgIpc) is 3.11. The van der Waals surface area contributed by atoms with Crippen molar-refractivity contribution < 1.29 is 14.3 Å². The number of anilines is 2. The summed E-state index contributed by atoms with van der Waals surface area (Å²) in [5, 5.41) is 2.92. The normalized spacial score (nSPS) is 16.1. The quantitative estimate of drug-likeness (QED) is 0.902. The number of hydrogen-bond donors (Lipinski definition) is 1. The van der Waals surface area contributed by atoms with E-state index >= 15 is 0 Å². The monoisotopic (exact) mass is 365 g/mol. The van der Waals surface area contributed by atoms with E-state index in [0.29, 0.717) is 44.1 Å². The van der Waals surface area contributed by atoms with E-state index < -0.39 is 0 Å². The van der Waals surface area contributed by atoms with E-state index in [9.17, 15) is 9.59 Å². The Labute approximate surface area is 158 Å². The molecule has 4 rings (SSSR count). The summed E-state index contributed by atoms with van der Waals surface area (Å²) in [5.41, 5.74) is 3.64. The van der Waals surface area contributed by atoms with Crippen LogP contribution in [0.1, 0.15) is 15.9 Å². The Morgan fingerprint density at radius 1 is 1.00 bits per heavy atom. The fourth-order valence-electron chi connectivity index (χ4n) is 3.62. The fraction of sp³-hybridized carbons (Fsp3) is 0.333. The van der Waals surface area contributed by atoms with Gasteiger partial charge in [0.15, 0.2) is 0 Å². The highest BCUT2D eigenvalue weighted by molar-refractivity contribution is 5.98. The number of para-hydroxylation sites is 1. The third-order valence-corrected chi connectivity index (χ3v) is 5.01. The molecule has 1 saturated heterocycles. The molecule has 2 aromatic carbocycles. The Morgan fingerprint density at radius 3 is 2.67 bits per heavy atom. The van der Waals surface area contributed by atoms with Crippen LogP contribution in [-0.4, -0.2) is 56.1 Å². The molecule has 0 bridgehead atoms. The molecule has 2 amide bonds. The highest BCUT2D eigenvalue weighted by Crippen LogP contribution is 2.27. The van der Waals surface area contributed by atoms with Crippen LogP contribution >= 0.6 is 0 Å². The standard InChI is InChI=1S/C21H23N3O3/c25-20(15-24-9-8-16-4-1-2-7-19(16)24)22-18-6-3-5-17(14-18)21(26)23-10-12-27-13-11-23/h1-7,14H,8-13,15H2,(H,22,25). The molecule has 2 aromatic rings. The predicted molar refractivity (Wildman–Crippen MR) is 104 cm³/mol. The summed E-state index contributed by atoms with van der Waals surface area (Å²) in [5.74, 6) is -0.106. The molecule has 2 heterocycles. The molecule has 2 aliphatic heterocycles. The maximum Gasteiger partial charge on any atom is 0.254 e. The van der Waals surface area contributed by atoms with E-state index in [-0.39, 0.29) is 11.8 Å². The number of amides is 2. The lowest BCUT2D eigenvalue weighted by Crippen LogP contribution is -2.40. The van der Waals surface area contributed by atoms with Gasteiger partial charge >= 0.3 is 0 Å². The van der Waals surface area contributed by atoms with E-state index in [1.165, 1.54) is 5.56 Å². The highest BCUT2D eigenvalue weighted by Gasteiger charge is 2.21. The number of rotatable bonds is 4. The molecular formula is C21H23N3O3. The summed E-state index contributed by atoms with van der Waals surface area (Å²) in [6.07, 6.45) is 0.965. The van der Waals surface area contributed by atoms with E-state index in [2.05, 4.69) is 22.3 Å². The van der Waals surface area contributed by atoms with Crippen molar-refractivity contribution in [3.63, 3.8) is 0 Å². The molecule has 0 radical (unpaired) electrons. The summed E-state index contributed by atoms with van der Waals surface area (Å²) in [6.45, 7) is 3.49. The van der Waals surface area contributed by atoms with Gasteiger partial charge in [-0.1, -0.05) is 24.3 Å². The number of morpholine rings is 1. The number of nitrogens with zero attached hydrogens (tertiary/aromatic N) is 2. The van der Waals surface area contributed by atoms with Crippen LogP contribution in [0.3, 0.4) is 0 Å². The fourth-order valence-corrected chi connectivity index (χ4v) is 3.62. The molecule has 0 saturated carbocycles. The van der Waals surface area contributed by atoms with E-state index in [0.717, 1.165) is 18.7 Å². The smallest absolute Gasteiger partial charge is 0.254 e. The first-order valence-corrected chi connectivity index (χ1v) is 9.30. The van der Waals surface area contributed by atoms with Gasteiger partial charge in [0.2, 0.25) is 5.91 Å². The van der Waals surface area contributed by atoms with Crippen LogP contribution in [0.2, 0.25) is 0 Å². The Morgan fingerprint density at radius 2 is 1.81 bits per heavy atom. The zero-order chi connectivity index (χ0) is 18.6. The first kappa shape index (κ1) is 17.5. The van der Waals surface area contributed by atoms with Crippen LogP contribution in [-0.2, 0) is 16.0 Å². The van der Waals surface area contributed by atoms with E-state index in [4.69, 9.17) is 4.74 Å². The zero-order valence-corrected chi connectivity index (χ0v) is 15.2. The Balaban J connectivity index is 1.39. The molecule has 6 nitrogen and oxygen atoms in total. The minimum atomic E-state index is -0.0809. The van der Waals surface area contributed by atoms with E-state index in [1.54, 1.807) is 23.1 Å². The van der Waals surface area contributed by atoms with Gasteiger partial charge in [-0.2, -0.15) is 0 Å². The molecule has 2 aliphatic rings. The van der Waals surface area contributed by atoms with Crippen molar-refractivity contribution in [3.8, 4) is 0 Å². The molecule has 0 atom stereocenters. The summed E-state index contributed by atoms with van der Waals surface area (Å²) in [4.78, 5) is 29.0. The second-order valence-corrected chi connectivity index (χ2v) is 6.83. The van der Waals surface area contributed by atoms with Gasteiger partial charge in [-0.25, -0.2) is 0 Å². The largest absolute Gasteiger partial charge is 0.378 e. The van der Waals surface area contributed by atoms with Crippen molar-refractivity contribution in [3.05, 3.63) is 59.7 Å². The van der Waals surface area contributed by atoms with Crippen molar-refractivity contribution in [2.24, 2.45) is 0 Å². The molecule has 0 aromatic heterocycles. The number of hydrogen-bond acceptors (Lipinski definition) is 4. The number of carbonyl (C=O) groups excluding carboxylic acids is 2. The number of benzene rings is 2. The van der Waals surface area contributed by atoms with Gasteiger partial charge in [0.25, 0.3) is 5.91 Å². The van der Waals surface area contributed by atoms with Gasteiger partial charge in [0.05, 0.1) is 19.8 Å². The number of ether oxygens (including phenoxy) is 1. The van der Waals surface area contributed by atoms with Crippen molar-refractivity contribution in [2.45, 2.75) is 6.42 Å². The van der Waals surface area contributed by atoms with Crippen molar-refractivity contribution >= 4 is 23.2 Å². The molecule has 1 fully saturated rings. The maximum absolute atomic E-state index is 12.6. The van der Waals surface area contributed by atoms with Gasteiger partial charge < -0.3 is 19.9 Å². The van der Waals surface area contributed by atoms with Gasteiger partial charge in [0, 0.05) is 36.6 Å². The van der Waals surface area contributed by atoms with Crippen molar-refractivity contribution in [1.29, 1.82) is 0 Å². The molecule has 0 spiro atoms. The molecule has 1 N–H and O–H groups in total.